The van der Waals surface area contributed by atoms with E-state index >= 15 is 0 Å². The van der Waals surface area contributed by atoms with Crippen molar-refractivity contribution in [2.45, 2.75) is 25.3 Å². The number of benzene rings is 3. The Hall–Kier alpha value is -3.33. The summed E-state index contributed by atoms with van der Waals surface area (Å²) < 4.78 is 5.63. The Morgan fingerprint density at radius 1 is 1.00 bits per heavy atom. The molecular weight excluding hydrogens is 358 g/mol. The molecule has 1 aliphatic rings. The molecule has 0 unspecified atom stereocenters. The molecular formula is C26H25NO2. The first-order valence-electron chi connectivity index (χ1n) is 9.98. The third-order valence-corrected chi connectivity index (χ3v) is 5.54. The number of ether oxygens (including phenoxy) is 1. The Bertz CT molecular complexity index is 977. The fourth-order valence-corrected chi connectivity index (χ4v) is 4.01. The molecule has 0 saturated carbocycles. The molecule has 0 spiro atoms. The predicted molar refractivity (Wildman–Crippen MR) is 117 cm³/mol. The summed E-state index contributed by atoms with van der Waals surface area (Å²) in [4.78, 5) is 12.4. The van der Waals surface area contributed by atoms with Gasteiger partial charge in [0.1, 0.15) is 6.61 Å². The largest absolute Gasteiger partial charge is 0.449 e. The van der Waals surface area contributed by atoms with Crippen molar-refractivity contribution in [3.05, 3.63) is 108 Å². The Kier molecular flexibility index (Phi) is 5.48. The summed E-state index contributed by atoms with van der Waals surface area (Å²) in [6.45, 7) is 6.05. The van der Waals surface area contributed by atoms with Crippen LogP contribution in [0.2, 0.25) is 0 Å². The van der Waals surface area contributed by atoms with Crippen molar-refractivity contribution in [1.82, 2.24) is 5.32 Å². The molecule has 3 nitrogen and oxygen atoms in total. The lowest BCUT2D eigenvalue weighted by Gasteiger charge is -2.17. The van der Waals surface area contributed by atoms with E-state index in [4.69, 9.17) is 4.74 Å². The minimum absolute atomic E-state index is 0.0710. The second kappa shape index (κ2) is 8.36. The van der Waals surface area contributed by atoms with Gasteiger partial charge in [-0.3, -0.25) is 0 Å². The van der Waals surface area contributed by atoms with Crippen LogP contribution in [0.1, 0.15) is 41.1 Å². The number of hydrogen-bond acceptors (Lipinski definition) is 2. The first kappa shape index (κ1) is 19.0. The number of allylic oxidation sites excluding steroid dienone is 1. The molecule has 3 aromatic rings. The van der Waals surface area contributed by atoms with E-state index in [0.29, 0.717) is 6.61 Å². The van der Waals surface area contributed by atoms with Gasteiger partial charge in [0.05, 0.1) is 6.04 Å². The van der Waals surface area contributed by atoms with Gasteiger partial charge in [-0.2, -0.15) is 0 Å². The third-order valence-electron chi connectivity index (χ3n) is 5.54. The van der Waals surface area contributed by atoms with Crippen molar-refractivity contribution in [2.24, 2.45) is 0 Å². The molecule has 0 heterocycles. The average Bonchev–Trinajstić information content (AvgIpc) is 3.07. The molecule has 4 rings (SSSR count). The summed E-state index contributed by atoms with van der Waals surface area (Å²) >= 11 is 0. The Morgan fingerprint density at radius 2 is 1.59 bits per heavy atom. The first-order valence-corrected chi connectivity index (χ1v) is 9.98. The molecule has 0 aromatic heterocycles. The van der Waals surface area contributed by atoms with Crippen molar-refractivity contribution in [1.29, 1.82) is 0 Å². The molecule has 1 amide bonds. The highest BCUT2D eigenvalue weighted by atomic mass is 16.5. The van der Waals surface area contributed by atoms with Crippen LogP contribution in [0, 0.1) is 0 Å². The van der Waals surface area contributed by atoms with Crippen LogP contribution in [0.25, 0.3) is 11.1 Å². The molecule has 0 radical (unpaired) electrons. The number of amides is 1. The maximum Gasteiger partial charge on any atom is 0.407 e. The number of rotatable bonds is 6. The van der Waals surface area contributed by atoms with Crippen LogP contribution in [-0.2, 0) is 11.2 Å². The van der Waals surface area contributed by atoms with E-state index in [1.54, 1.807) is 0 Å². The van der Waals surface area contributed by atoms with Crippen LogP contribution in [0.4, 0.5) is 4.79 Å². The van der Waals surface area contributed by atoms with Gasteiger partial charge in [-0.25, -0.2) is 4.79 Å². The number of fused-ring (bicyclic) bond motifs is 3. The van der Waals surface area contributed by atoms with Crippen LogP contribution in [0.15, 0.2) is 85.5 Å². The molecule has 0 aliphatic heterocycles. The highest BCUT2D eigenvalue weighted by molar-refractivity contribution is 5.79. The Labute approximate surface area is 172 Å². The molecule has 3 aromatic carbocycles. The molecule has 29 heavy (non-hydrogen) atoms. The summed E-state index contributed by atoms with van der Waals surface area (Å²) in [6.07, 6.45) is 2.33. The second-order valence-corrected chi connectivity index (χ2v) is 7.43. The summed E-state index contributed by atoms with van der Waals surface area (Å²) in [6, 6.07) is 24.7. The van der Waals surface area contributed by atoms with Crippen molar-refractivity contribution in [3.63, 3.8) is 0 Å². The molecule has 146 valence electrons. The number of carbonyl (C=O) groups is 1. The van der Waals surface area contributed by atoms with E-state index in [9.17, 15) is 4.79 Å². The Balaban J connectivity index is 1.40. The maximum absolute atomic E-state index is 12.4. The molecule has 1 aliphatic carbocycles. The van der Waals surface area contributed by atoms with Gasteiger partial charge in [0, 0.05) is 5.92 Å². The van der Waals surface area contributed by atoms with Crippen molar-refractivity contribution >= 4 is 6.09 Å². The van der Waals surface area contributed by atoms with Gasteiger partial charge in [-0.1, -0.05) is 78.9 Å². The van der Waals surface area contributed by atoms with E-state index in [1.807, 2.05) is 49.4 Å². The smallest absolute Gasteiger partial charge is 0.407 e. The van der Waals surface area contributed by atoms with Gasteiger partial charge >= 0.3 is 6.09 Å². The SMILES string of the molecule is C=CCc1ccc([C@H](C)NC(=O)OCC2c3ccccc3-c3ccccc32)cc1. The molecule has 0 bridgehead atoms. The highest BCUT2D eigenvalue weighted by Gasteiger charge is 2.29. The normalized spacial score (nSPS) is 13.3. The lowest BCUT2D eigenvalue weighted by Crippen LogP contribution is -2.28. The predicted octanol–water partition coefficient (Wildman–Crippen LogP) is 6.01. The van der Waals surface area contributed by atoms with Crippen molar-refractivity contribution < 1.29 is 9.53 Å². The minimum atomic E-state index is -0.394. The summed E-state index contributed by atoms with van der Waals surface area (Å²) in [5.41, 5.74) is 7.14. The van der Waals surface area contributed by atoms with Crippen LogP contribution < -0.4 is 5.32 Å². The average molecular weight is 383 g/mol. The van der Waals surface area contributed by atoms with Crippen molar-refractivity contribution in [3.8, 4) is 11.1 Å². The van der Waals surface area contributed by atoms with E-state index in [0.717, 1.165) is 12.0 Å². The number of hydrogen-bond donors (Lipinski definition) is 1. The fourth-order valence-electron chi connectivity index (χ4n) is 4.01. The van der Waals surface area contributed by atoms with E-state index < -0.39 is 6.09 Å². The fraction of sp³-hybridized carbons (Fsp3) is 0.192. The molecule has 0 saturated heterocycles. The van der Waals surface area contributed by atoms with E-state index in [1.165, 1.54) is 27.8 Å². The molecule has 1 N–H and O–H groups in total. The number of carbonyl (C=O) groups excluding carboxylic acids is 1. The lowest BCUT2D eigenvalue weighted by molar-refractivity contribution is 0.140. The van der Waals surface area contributed by atoms with Crippen molar-refractivity contribution in [2.75, 3.05) is 6.61 Å². The highest BCUT2D eigenvalue weighted by Crippen LogP contribution is 2.44. The van der Waals surface area contributed by atoms with Gasteiger partial charge < -0.3 is 10.1 Å². The van der Waals surface area contributed by atoms with Crippen LogP contribution in [-0.4, -0.2) is 12.7 Å². The summed E-state index contributed by atoms with van der Waals surface area (Å²) in [5.74, 6) is 0.0710. The lowest BCUT2D eigenvalue weighted by atomic mass is 9.98. The standard InChI is InChI=1S/C26H25NO2/c1-3-8-19-13-15-20(16-14-19)18(2)27-26(28)29-17-25-23-11-6-4-9-21(23)22-10-5-7-12-24(22)25/h3-7,9-16,18,25H,1,8,17H2,2H3,(H,27,28)/t18-/m0/s1. The Morgan fingerprint density at radius 3 is 2.17 bits per heavy atom. The van der Waals surface area contributed by atoms with E-state index in [2.05, 4.69) is 48.3 Å². The van der Waals surface area contributed by atoms with Gasteiger partial charge in [0.25, 0.3) is 0 Å². The zero-order chi connectivity index (χ0) is 20.2. The second-order valence-electron chi connectivity index (χ2n) is 7.43. The number of alkyl carbamates (subject to hydrolysis) is 1. The zero-order valence-electron chi connectivity index (χ0n) is 16.6. The van der Waals surface area contributed by atoms with Crippen LogP contribution in [0.5, 0.6) is 0 Å². The molecule has 3 heteroatoms. The van der Waals surface area contributed by atoms with Gasteiger partial charge in [0.2, 0.25) is 0 Å². The maximum atomic E-state index is 12.4. The monoisotopic (exact) mass is 383 g/mol. The third kappa shape index (κ3) is 3.95. The topological polar surface area (TPSA) is 38.3 Å². The van der Waals surface area contributed by atoms with Crippen LogP contribution in [0.3, 0.4) is 0 Å². The summed E-state index contributed by atoms with van der Waals surface area (Å²) in [5, 5.41) is 2.94. The van der Waals surface area contributed by atoms with Gasteiger partial charge in [-0.15, -0.1) is 6.58 Å². The quantitative estimate of drug-likeness (QED) is 0.529. The van der Waals surface area contributed by atoms with Gasteiger partial charge in [-0.05, 0) is 46.7 Å². The van der Waals surface area contributed by atoms with Gasteiger partial charge in [0.15, 0.2) is 0 Å². The minimum Gasteiger partial charge on any atom is -0.449 e. The van der Waals surface area contributed by atoms with Crippen LogP contribution >= 0.6 is 0 Å². The zero-order valence-corrected chi connectivity index (χ0v) is 16.6. The molecule has 1 atom stereocenters. The number of nitrogens with one attached hydrogen (secondary N) is 1. The van der Waals surface area contributed by atoms with E-state index in [-0.39, 0.29) is 12.0 Å². The summed E-state index contributed by atoms with van der Waals surface area (Å²) in [7, 11) is 0. The first-order chi connectivity index (χ1) is 14.2. The molecule has 0 fully saturated rings.